The summed E-state index contributed by atoms with van der Waals surface area (Å²) in [6.07, 6.45) is 5.45. The van der Waals surface area contributed by atoms with E-state index in [1.807, 2.05) is 33.0 Å². The van der Waals surface area contributed by atoms with Crippen molar-refractivity contribution in [1.29, 1.82) is 0 Å². The molecule has 1 amide bonds. The van der Waals surface area contributed by atoms with Crippen LogP contribution in [-0.2, 0) is 4.74 Å². The van der Waals surface area contributed by atoms with Crippen LogP contribution in [-0.4, -0.2) is 28.8 Å². The van der Waals surface area contributed by atoms with E-state index in [1.165, 1.54) is 0 Å². The summed E-state index contributed by atoms with van der Waals surface area (Å²) in [5, 5.41) is 7.76. The second-order valence-electron chi connectivity index (χ2n) is 7.72. The Hall–Kier alpha value is -2.30. The van der Waals surface area contributed by atoms with E-state index in [4.69, 9.17) is 4.74 Å². The lowest BCUT2D eigenvalue weighted by Crippen LogP contribution is -2.42. The van der Waals surface area contributed by atoms with E-state index < -0.39 is 5.60 Å². The van der Waals surface area contributed by atoms with E-state index in [9.17, 15) is 4.79 Å². The highest BCUT2D eigenvalue weighted by molar-refractivity contribution is 5.90. The fourth-order valence-corrected chi connectivity index (χ4v) is 3.30. The molecule has 5 heteroatoms. The number of benzene rings is 1. The Morgan fingerprint density at radius 3 is 2.48 bits per heavy atom. The van der Waals surface area contributed by atoms with E-state index >= 15 is 0 Å². The van der Waals surface area contributed by atoms with Crippen molar-refractivity contribution in [2.24, 2.45) is 0 Å². The molecule has 2 aromatic rings. The fourth-order valence-electron chi connectivity index (χ4n) is 3.30. The van der Waals surface area contributed by atoms with Gasteiger partial charge in [-0.05, 0) is 58.6 Å². The number of rotatable bonds is 3. The largest absolute Gasteiger partial charge is 0.444 e. The number of nitrogens with zero attached hydrogens (tertiary/aromatic N) is 1. The maximum Gasteiger partial charge on any atom is 0.407 e. The Bertz CT molecular complexity index is 726. The van der Waals surface area contributed by atoms with Crippen molar-refractivity contribution >= 4 is 22.7 Å². The van der Waals surface area contributed by atoms with E-state index in [1.54, 1.807) is 0 Å². The van der Waals surface area contributed by atoms with Crippen molar-refractivity contribution < 1.29 is 9.53 Å². The summed E-state index contributed by atoms with van der Waals surface area (Å²) in [5.41, 5.74) is 1.64. The molecule has 1 aliphatic carbocycles. The van der Waals surface area contributed by atoms with Crippen molar-refractivity contribution in [3.8, 4) is 0 Å². The summed E-state index contributed by atoms with van der Waals surface area (Å²) in [6, 6.07) is 10.9. The molecule has 0 aliphatic heterocycles. The van der Waals surface area contributed by atoms with Gasteiger partial charge < -0.3 is 15.4 Å². The van der Waals surface area contributed by atoms with Gasteiger partial charge in [-0.3, -0.25) is 4.98 Å². The quantitative estimate of drug-likeness (QED) is 0.864. The number of nitrogens with one attached hydrogen (secondary N) is 2. The lowest BCUT2D eigenvalue weighted by Gasteiger charge is -2.31. The van der Waals surface area contributed by atoms with Crippen LogP contribution in [0.1, 0.15) is 46.5 Å². The average molecular weight is 341 g/mol. The number of ether oxygens (including phenoxy) is 1. The maximum absolute atomic E-state index is 11.9. The summed E-state index contributed by atoms with van der Waals surface area (Å²) >= 11 is 0. The standard InChI is InChI=1S/C20H27N3O2/c1-20(2,3)25-19(24)23-16-11-9-15(10-12-16)22-17-8-4-6-14-7-5-13-21-18(14)17/h4-8,13,15-16,22H,9-12H2,1-3H3,(H,23,24). The summed E-state index contributed by atoms with van der Waals surface area (Å²) in [7, 11) is 0. The zero-order chi connectivity index (χ0) is 17.9. The van der Waals surface area contributed by atoms with Crippen LogP contribution in [0, 0.1) is 0 Å². The molecule has 0 radical (unpaired) electrons. The van der Waals surface area contributed by atoms with Crippen LogP contribution in [0.4, 0.5) is 10.5 Å². The highest BCUT2D eigenvalue weighted by atomic mass is 16.6. The molecule has 1 heterocycles. The molecule has 0 atom stereocenters. The monoisotopic (exact) mass is 341 g/mol. The fraction of sp³-hybridized carbons (Fsp3) is 0.500. The molecule has 0 spiro atoms. The predicted molar refractivity (Wildman–Crippen MR) is 101 cm³/mol. The molecular weight excluding hydrogens is 314 g/mol. The molecule has 3 rings (SSSR count). The van der Waals surface area contributed by atoms with Gasteiger partial charge in [-0.15, -0.1) is 0 Å². The molecule has 1 aromatic heterocycles. The first-order valence-corrected chi connectivity index (χ1v) is 9.00. The minimum absolute atomic E-state index is 0.193. The van der Waals surface area contributed by atoms with Crippen LogP contribution in [0.25, 0.3) is 10.9 Å². The minimum Gasteiger partial charge on any atom is -0.444 e. The molecule has 0 saturated heterocycles. The van der Waals surface area contributed by atoms with Crippen LogP contribution in [0.15, 0.2) is 36.5 Å². The van der Waals surface area contributed by atoms with Gasteiger partial charge in [0.05, 0.1) is 11.2 Å². The van der Waals surface area contributed by atoms with Crippen molar-refractivity contribution in [1.82, 2.24) is 10.3 Å². The first-order chi connectivity index (χ1) is 11.9. The van der Waals surface area contributed by atoms with E-state index in [-0.39, 0.29) is 12.1 Å². The molecular formula is C20H27N3O2. The molecule has 1 aromatic carbocycles. The van der Waals surface area contributed by atoms with Crippen LogP contribution in [0.5, 0.6) is 0 Å². The van der Waals surface area contributed by atoms with Gasteiger partial charge in [0.1, 0.15) is 5.60 Å². The normalized spacial score (nSPS) is 20.9. The topological polar surface area (TPSA) is 63.2 Å². The van der Waals surface area contributed by atoms with Gasteiger partial charge in [-0.2, -0.15) is 0 Å². The van der Waals surface area contributed by atoms with Crippen LogP contribution in [0.2, 0.25) is 0 Å². The minimum atomic E-state index is -0.454. The van der Waals surface area contributed by atoms with Crippen LogP contribution < -0.4 is 10.6 Å². The molecule has 25 heavy (non-hydrogen) atoms. The van der Waals surface area contributed by atoms with Gasteiger partial charge >= 0.3 is 6.09 Å². The molecule has 1 aliphatic rings. The number of hydrogen-bond donors (Lipinski definition) is 2. The number of para-hydroxylation sites is 1. The zero-order valence-corrected chi connectivity index (χ0v) is 15.2. The molecule has 0 unspecified atom stereocenters. The first kappa shape index (κ1) is 17.5. The number of hydrogen-bond acceptors (Lipinski definition) is 4. The summed E-state index contributed by atoms with van der Waals surface area (Å²) in [6.45, 7) is 5.64. The number of anilines is 1. The summed E-state index contributed by atoms with van der Waals surface area (Å²) < 4.78 is 5.34. The van der Waals surface area contributed by atoms with Gasteiger partial charge in [0.2, 0.25) is 0 Å². The molecule has 1 saturated carbocycles. The summed E-state index contributed by atoms with van der Waals surface area (Å²) in [5.74, 6) is 0. The van der Waals surface area contributed by atoms with Gasteiger partial charge in [0.25, 0.3) is 0 Å². The highest BCUT2D eigenvalue weighted by Gasteiger charge is 2.25. The molecule has 5 nitrogen and oxygen atoms in total. The number of carbonyl (C=O) groups is 1. The van der Waals surface area contributed by atoms with Crippen molar-refractivity contribution in [3.63, 3.8) is 0 Å². The van der Waals surface area contributed by atoms with Gasteiger partial charge in [0, 0.05) is 23.7 Å². The number of carbonyl (C=O) groups excluding carboxylic acids is 1. The number of aromatic nitrogens is 1. The Kier molecular flexibility index (Phi) is 5.11. The number of pyridine rings is 1. The third-order valence-electron chi connectivity index (χ3n) is 4.44. The highest BCUT2D eigenvalue weighted by Crippen LogP contribution is 2.26. The second kappa shape index (κ2) is 7.30. The molecule has 134 valence electrons. The molecule has 1 fully saturated rings. The van der Waals surface area contributed by atoms with E-state index in [2.05, 4.69) is 39.9 Å². The van der Waals surface area contributed by atoms with Gasteiger partial charge in [-0.1, -0.05) is 18.2 Å². The third-order valence-corrected chi connectivity index (χ3v) is 4.44. The maximum atomic E-state index is 11.9. The Morgan fingerprint density at radius 2 is 1.76 bits per heavy atom. The Labute approximate surface area is 149 Å². The van der Waals surface area contributed by atoms with Crippen molar-refractivity contribution in [3.05, 3.63) is 36.5 Å². The Morgan fingerprint density at radius 1 is 1.08 bits per heavy atom. The number of alkyl carbamates (subject to hydrolysis) is 1. The molecule has 2 N–H and O–H groups in total. The predicted octanol–water partition coefficient (Wildman–Crippen LogP) is 4.48. The van der Waals surface area contributed by atoms with E-state index in [0.717, 1.165) is 42.3 Å². The van der Waals surface area contributed by atoms with E-state index in [0.29, 0.717) is 6.04 Å². The van der Waals surface area contributed by atoms with Crippen molar-refractivity contribution in [2.45, 2.75) is 64.1 Å². The SMILES string of the molecule is CC(C)(C)OC(=O)NC1CCC(Nc2cccc3cccnc23)CC1. The number of fused-ring (bicyclic) bond motifs is 1. The second-order valence-corrected chi connectivity index (χ2v) is 7.72. The average Bonchev–Trinajstić information content (AvgIpc) is 2.55. The van der Waals surface area contributed by atoms with Crippen LogP contribution in [0.3, 0.4) is 0 Å². The summed E-state index contributed by atoms with van der Waals surface area (Å²) in [4.78, 5) is 16.4. The zero-order valence-electron chi connectivity index (χ0n) is 15.2. The third kappa shape index (κ3) is 4.84. The lowest BCUT2D eigenvalue weighted by molar-refractivity contribution is 0.0492. The van der Waals surface area contributed by atoms with Gasteiger partial charge in [0.15, 0.2) is 0 Å². The smallest absolute Gasteiger partial charge is 0.407 e. The first-order valence-electron chi connectivity index (χ1n) is 9.00. The molecule has 0 bridgehead atoms. The van der Waals surface area contributed by atoms with Crippen molar-refractivity contribution in [2.75, 3.05) is 5.32 Å². The lowest BCUT2D eigenvalue weighted by atomic mass is 9.91. The Balaban J connectivity index is 1.53. The van der Waals surface area contributed by atoms with Crippen LogP contribution >= 0.6 is 0 Å². The van der Waals surface area contributed by atoms with Gasteiger partial charge in [-0.25, -0.2) is 4.79 Å². The number of amides is 1.